The molecule has 0 aliphatic heterocycles. The first-order chi connectivity index (χ1) is 7.59. The summed E-state index contributed by atoms with van der Waals surface area (Å²) >= 11 is 1.84. The first kappa shape index (κ1) is 12.1. The fourth-order valence-electron chi connectivity index (χ4n) is 2.12. The molecule has 1 aliphatic carbocycles. The van der Waals surface area contributed by atoms with Crippen LogP contribution < -0.4 is 5.32 Å². The molecule has 1 saturated carbocycles. The van der Waals surface area contributed by atoms with Gasteiger partial charge in [-0.2, -0.15) is 0 Å². The van der Waals surface area contributed by atoms with E-state index in [0.717, 1.165) is 13.1 Å². The van der Waals surface area contributed by atoms with E-state index in [1.54, 1.807) is 0 Å². The van der Waals surface area contributed by atoms with Crippen LogP contribution in [0.2, 0.25) is 0 Å². The molecular formula is C13H22N2S. The molecule has 0 atom stereocenters. The lowest BCUT2D eigenvalue weighted by atomic mass is 9.70. The van der Waals surface area contributed by atoms with Crippen LogP contribution in [0.5, 0.6) is 0 Å². The summed E-state index contributed by atoms with van der Waals surface area (Å²) in [5, 5.41) is 4.82. The lowest BCUT2D eigenvalue weighted by Crippen LogP contribution is -2.36. The van der Waals surface area contributed by atoms with E-state index in [9.17, 15) is 0 Å². The van der Waals surface area contributed by atoms with Gasteiger partial charge in [0, 0.05) is 30.1 Å². The van der Waals surface area contributed by atoms with Gasteiger partial charge in [-0.05, 0) is 18.3 Å². The Labute approximate surface area is 102 Å². The van der Waals surface area contributed by atoms with Gasteiger partial charge in [-0.25, -0.2) is 4.98 Å². The third-order valence-electron chi connectivity index (χ3n) is 3.48. The molecule has 0 spiro atoms. The molecule has 1 aromatic rings. The smallest absolute Gasteiger partial charge is 0.0953 e. The van der Waals surface area contributed by atoms with Gasteiger partial charge in [-0.15, -0.1) is 11.3 Å². The Morgan fingerprint density at radius 2 is 2.25 bits per heavy atom. The first-order valence-electron chi connectivity index (χ1n) is 6.24. The zero-order valence-corrected chi connectivity index (χ0v) is 11.4. The second kappa shape index (κ2) is 4.84. The lowest BCUT2D eigenvalue weighted by Gasteiger charge is -2.38. The van der Waals surface area contributed by atoms with Crippen LogP contribution in [0.1, 0.15) is 55.8 Å². The van der Waals surface area contributed by atoms with Crippen LogP contribution in [-0.4, -0.2) is 11.5 Å². The summed E-state index contributed by atoms with van der Waals surface area (Å²) in [6.45, 7) is 8.93. The summed E-state index contributed by atoms with van der Waals surface area (Å²) in [4.78, 5) is 5.81. The molecular weight excluding hydrogens is 216 g/mol. The summed E-state index contributed by atoms with van der Waals surface area (Å²) in [7, 11) is 0. The average Bonchev–Trinajstić information content (AvgIpc) is 2.64. The Balaban J connectivity index is 1.76. The number of nitrogens with zero attached hydrogens (tertiary/aromatic N) is 1. The molecule has 3 heteroatoms. The Morgan fingerprint density at radius 3 is 2.75 bits per heavy atom. The van der Waals surface area contributed by atoms with E-state index in [1.165, 1.54) is 29.1 Å². The van der Waals surface area contributed by atoms with E-state index in [4.69, 9.17) is 0 Å². The Morgan fingerprint density at radius 1 is 1.50 bits per heavy atom. The number of aromatic nitrogens is 1. The zero-order chi connectivity index (χ0) is 11.6. The van der Waals surface area contributed by atoms with E-state index >= 15 is 0 Å². The van der Waals surface area contributed by atoms with E-state index in [1.807, 2.05) is 17.5 Å². The maximum Gasteiger partial charge on any atom is 0.0953 e. The molecule has 2 rings (SSSR count). The van der Waals surface area contributed by atoms with E-state index in [2.05, 4.69) is 31.1 Å². The summed E-state index contributed by atoms with van der Waals surface area (Å²) in [6, 6.07) is 0. The van der Waals surface area contributed by atoms with Crippen LogP contribution in [-0.2, 0) is 6.54 Å². The number of rotatable bonds is 5. The monoisotopic (exact) mass is 238 g/mol. The van der Waals surface area contributed by atoms with Gasteiger partial charge in [0.05, 0.1) is 5.01 Å². The summed E-state index contributed by atoms with van der Waals surface area (Å²) in [5.74, 6) is 0.558. The molecule has 1 N–H and O–H groups in total. The van der Waals surface area contributed by atoms with Crippen molar-refractivity contribution >= 4 is 11.3 Å². The molecule has 1 aromatic heterocycles. The molecule has 1 fully saturated rings. The Bertz CT molecular complexity index is 339. The number of hydrogen-bond acceptors (Lipinski definition) is 3. The standard InChI is InChI=1S/C13H22N2S/c1-10(2)12-15-8-11(16-12)7-14-9-13(3)5-4-6-13/h8,10,14H,4-7,9H2,1-3H3. The van der Waals surface area contributed by atoms with Crippen molar-refractivity contribution in [2.45, 2.75) is 52.5 Å². The minimum absolute atomic E-state index is 0.558. The van der Waals surface area contributed by atoms with Gasteiger partial charge in [-0.3, -0.25) is 0 Å². The lowest BCUT2D eigenvalue weighted by molar-refractivity contribution is 0.156. The molecule has 1 heterocycles. The molecule has 0 unspecified atom stereocenters. The third-order valence-corrected chi connectivity index (χ3v) is 4.77. The normalized spacial score (nSPS) is 18.8. The van der Waals surface area contributed by atoms with Crippen molar-refractivity contribution < 1.29 is 0 Å². The summed E-state index contributed by atoms with van der Waals surface area (Å²) in [6.07, 6.45) is 6.21. The first-order valence-corrected chi connectivity index (χ1v) is 7.06. The van der Waals surface area contributed by atoms with Gasteiger partial charge in [-0.1, -0.05) is 27.2 Å². The maximum absolute atomic E-state index is 4.44. The second-order valence-electron chi connectivity index (χ2n) is 5.59. The minimum Gasteiger partial charge on any atom is -0.311 e. The quantitative estimate of drug-likeness (QED) is 0.848. The van der Waals surface area contributed by atoms with Gasteiger partial charge < -0.3 is 5.32 Å². The van der Waals surface area contributed by atoms with Gasteiger partial charge in [0.15, 0.2) is 0 Å². The van der Waals surface area contributed by atoms with Crippen molar-refractivity contribution in [3.05, 3.63) is 16.1 Å². The molecule has 2 nitrogen and oxygen atoms in total. The van der Waals surface area contributed by atoms with Crippen LogP contribution in [0.15, 0.2) is 6.20 Å². The van der Waals surface area contributed by atoms with E-state index in [-0.39, 0.29) is 0 Å². The zero-order valence-electron chi connectivity index (χ0n) is 10.5. The largest absolute Gasteiger partial charge is 0.311 e. The number of nitrogens with one attached hydrogen (secondary N) is 1. The Kier molecular flexibility index (Phi) is 3.65. The van der Waals surface area contributed by atoms with Gasteiger partial charge in [0.1, 0.15) is 0 Å². The van der Waals surface area contributed by atoms with Crippen LogP contribution in [0, 0.1) is 5.41 Å². The molecule has 0 bridgehead atoms. The summed E-state index contributed by atoms with van der Waals surface area (Å²) < 4.78 is 0. The number of hydrogen-bond donors (Lipinski definition) is 1. The molecule has 1 aliphatic rings. The topological polar surface area (TPSA) is 24.9 Å². The second-order valence-corrected chi connectivity index (χ2v) is 6.73. The molecule has 0 saturated heterocycles. The SMILES string of the molecule is CC(C)c1ncc(CNCC2(C)CCC2)s1. The van der Waals surface area contributed by atoms with Crippen molar-refractivity contribution in [2.24, 2.45) is 5.41 Å². The minimum atomic E-state index is 0.558. The highest BCUT2D eigenvalue weighted by Crippen LogP contribution is 2.39. The maximum atomic E-state index is 4.44. The fraction of sp³-hybridized carbons (Fsp3) is 0.769. The number of thiazole rings is 1. The predicted molar refractivity (Wildman–Crippen MR) is 69.9 cm³/mol. The van der Waals surface area contributed by atoms with E-state index < -0.39 is 0 Å². The predicted octanol–water partition coefficient (Wildman–Crippen LogP) is 3.55. The molecule has 16 heavy (non-hydrogen) atoms. The Hall–Kier alpha value is -0.410. The highest BCUT2D eigenvalue weighted by Gasteiger charge is 2.30. The average molecular weight is 238 g/mol. The fourth-order valence-corrected chi connectivity index (χ4v) is 3.01. The van der Waals surface area contributed by atoms with Crippen molar-refractivity contribution in [3.8, 4) is 0 Å². The third kappa shape index (κ3) is 2.83. The van der Waals surface area contributed by atoms with Crippen LogP contribution in [0.4, 0.5) is 0 Å². The molecule has 0 aromatic carbocycles. The molecule has 90 valence electrons. The van der Waals surface area contributed by atoms with Crippen molar-refractivity contribution in [1.82, 2.24) is 10.3 Å². The van der Waals surface area contributed by atoms with Crippen LogP contribution in [0.3, 0.4) is 0 Å². The van der Waals surface area contributed by atoms with Crippen molar-refractivity contribution in [3.63, 3.8) is 0 Å². The molecule has 0 radical (unpaired) electrons. The molecule has 0 amide bonds. The highest BCUT2D eigenvalue weighted by atomic mass is 32.1. The van der Waals surface area contributed by atoms with Crippen molar-refractivity contribution in [1.29, 1.82) is 0 Å². The van der Waals surface area contributed by atoms with E-state index in [0.29, 0.717) is 11.3 Å². The van der Waals surface area contributed by atoms with Gasteiger partial charge >= 0.3 is 0 Å². The van der Waals surface area contributed by atoms with Gasteiger partial charge in [0.2, 0.25) is 0 Å². The van der Waals surface area contributed by atoms with Crippen LogP contribution >= 0.6 is 11.3 Å². The van der Waals surface area contributed by atoms with Gasteiger partial charge in [0.25, 0.3) is 0 Å². The van der Waals surface area contributed by atoms with Crippen LogP contribution in [0.25, 0.3) is 0 Å². The summed E-state index contributed by atoms with van der Waals surface area (Å²) in [5.41, 5.74) is 0.575. The van der Waals surface area contributed by atoms with Crippen molar-refractivity contribution in [2.75, 3.05) is 6.54 Å². The highest BCUT2D eigenvalue weighted by molar-refractivity contribution is 7.11.